The van der Waals surface area contributed by atoms with E-state index in [9.17, 15) is 9.18 Å². The van der Waals surface area contributed by atoms with Crippen molar-refractivity contribution in [3.05, 3.63) is 102 Å². The molecule has 4 rings (SSSR count). The number of fused-ring (bicyclic) bond motifs is 1. The lowest BCUT2D eigenvalue weighted by molar-refractivity contribution is 0.102. The van der Waals surface area contributed by atoms with Crippen molar-refractivity contribution < 1.29 is 9.18 Å². The van der Waals surface area contributed by atoms with Crippen LogP contribution in [0.15, 0.2) is 79.1 Å². The van der Waals surface area contributed by atoms with Crippen LogP contribution in [0, 0.1) is 12.7 Å². The molecule has 0 saturated carbocycles. The number of halogens is 1. The third-order valence-corrected chi connectivity index (χ3v) is 4.83. The summed E-state index contributed by atoms with van der Waals surface area (Å²) < 4.78 is 13.3. The number of carbonyl (C=O) groups excluding carboxylic acids is 1. The second-order valence-electron chi connectivity index (χ2n) is 6.78. The topological polar surface area (TPSA) is 44.4 Å². The lowest BCUT2D eigenvalue weighted by Crippen LogP contribution is -2.19. The van der Waals surface area contributed by atoms with Gasteiger partial charge >= 0.3 is 0 Å². The van der Waals surface area contributed by atoms with E-state index in [0.29, 0.717) is 17.8 Å². The minimum absolute atomic E-state index is 0.293. The molecule has 3 aromatic carbocycles. The van der Waals surface area contributed by atoms with Crippen LogP contribution in [0.1, 0.15) is 21.5 Å². The Labute approximate surface area is 163 Å². The summed E-state index contributed by atoms with van der Waals surface area (Å²) in [5, 5.41) is 5.96. The van der Waals surface area contributed by atoms with Crippen LogP contribution in [0.3, 0.4) is 0 Å². The SMILES string of the molecule is C=C1Nc2cc(C(=O)Nc3cccc(F)c3)ccc2N1Cc1ccccc1C. The third-order valence-electron chi connectivity index (χ3n) is 4.83. The molecule has 4 nitrogen and oxygen atoms in total. The Balaban J connectivity index is 1.56. The van der Waals surface area contributed by atoms with Gasteiger partial charge in [0.25, 0.3) is 5.91 Å². The molecule has 0 unspecified atom stereocenters. The largest absolute Gasteiger partial charge is 0.340 e. The van der Waals surface area contributed by atoms with Crippen molar-refractivity contribution >= 4 is 23.0 Å². The van der Waals surface area contributed by atoms with Crippen molar-refractivity contribution in [2.75, 3.05) is 15.5 Å². The highest BCUT2D eigenvalue weighted by Gasteiger charge is 2.24. The highest BCUT2D eigenvalue weighted by molar-refractivity contribution is 6.05. The van der Waals surface area contributed by atoms with Crippen LogP contribution in [0.25, 0.3) is 0 Å². The summed E-state index contributed by atoms with van der Waals surface area (Å²) in [6.45, 7) is 6.88. The number of anilines is 3. The van der Waals surface area contributed by atoms with Gasteiger partial charge in [0.15, 0.2) is 0 Å². The van der Waals surface area contributed by atoms with Crippen LogP contribution in [0.4, 0.5) is 21.5 Å². The van der Waals surface area contributed by atoms with Crippen LogP contribution in [0.2, 0.25) is 0 Å². The zero-order valence-corrected chi connectivity index (χ0v) is 15.5. The first-order valence-electron chi connectivity index (χ1n) is 9.00. The van der Waals surface area contributed by atoms with Gasteiger partial charge in [-0.2, -0.15) is 0 Å². The Morgan fingerprint density at radius 1 is 1.11 bits per heavy atom. The van der Waals surface area contributed by atoms with E-state index in [4.69, 9.17) is 0 Å². The summed E-state index contributed by atoms with van der Waals surface area (Å²) >= 11 is 0. The Hall–Kier alpha value is -3.60. The highest BCUT2D eigenvalue weighted by Crippen LogP contribution is 2.37. The fourth-order valence-corrected chi connectivity index (χ4v) is 3.29. The Morgan fingerprint density at radius 3 is 2.71 bits per heavy atom. The molecule has 0 radical (unpaired) electrons. The molecule has 1 amide bonds. The lowest BCUT2D eigenvalue weighted by Gasteiger charge is -2.20. The molecule has 0 aromatic heterocycles. The van der Waals surface area contributed by atoms with Gasteiger partial charge in [-0.25, -0.2) is 4.39 Å². The van der Waals surface area contributed by atoms with Gasteiger partial charge in [-0.15, -0.1) is 0 Å². The van der Waals surface area contributed by atoms with Crippen LogP contribution in [0.5, 0.6) is 0 Å². The molecule has 1 aliphatic rings. The molecule has 0 bridgehead atoms. The van der Waals surface area contributed by atoms with Crippen molar-refractivity contribution in [3.8, 4) is 0 Å². The van der Waals surface area contributed by atoms with Gasteiger partial charge < -0.3 is 15.5 Å². The average molecular weight is 373 g/mol. The van der Waals surface area contributed by atoms with E-state index in [-0.39, 0.29) is 5.91 Å². The fourth-order valence-electron chi connectivity index (χ4n) is 3.29. The molecule has 1 heterocycles. The smallest absolute Gasteiger partial charge is 0.255 e. The fraction of sp³-hybridized carbons (Fsp3) is 0.0870. The molecule has 0 saturated heterocycles. The maximum absolute atomic E-state index is 13.3. The predicted molar refractivity (Wildman–Crippen MR) is 111 cm³/mol. The summed E-state index contributed by atoms with van der Waals surface area (Å²) in [5.74, 6) is 0.0793. The van der Waals surface area contributed by atoms with E-state index >= 15 is 0 Å². The van der Waals surface area contributed by atoms with Crippen molar-refractivity contribution in [2.24, 2.45) is 0 Å². The summed E-state index contributed by atoms with van der Waals surface area (Å²) in [5.41, 5.74) is 5.13. The van der Waals surface area contributed by atoms with Crippen LogP contribution < -0.4 is 15.5 Å². The first-order chi connectivity index (χ1) is 13.5. The highest BCUT2D eigenvalue weighted by atomic mass is 19.1. The second kappa shape index (κ2) is 7.19. The minimum Gasteiger partial charge on any atom is -0.340 e. The molecular weight excluding hydrogens is 353 g/mol. The maximum Gasteiger partial charge on any atom is 0.255 e. The van der Waals surface area contributed by atoms with E-state index in [2.05, 4.69) is 41.2 Å². The van der Waals surface area contributed by atoms with Gasteiger partial charge in [-0.05, 0) is 54.4 Å². The summed E-state index contributed by atoms with van der Waals surface area (Å²) in [4.78, 5) is 14.6. The van der Waals surface area contributed by atoms with Crippen molar-refractivity contribution in [3.63, 3.8) is 0 Å². The number of aryl methyl sites for hydroxylation is 1. The number of benzene rings is 3. The molecule has 1 aliphatic heterocycles. The van der Waals surface area contributed by atoms with Crippen LogP contribution in [-0.4, -0.2) is 5.91 Å². The monoisotopic (exact) mass is 373 g/mol. The number of rotatable bonds is 4. The zero-order chi connectivity index (χ0) is 19.7. The quantitative estimate of drug-likeness (QED) is 0.653. The van der Waals surface area contributed by atoms with Crippen molar-refractivity contribution in [1.29, 1.82) is 0 Å². The molecule has 140 valence electrons. The standard InChI is InChI=1S/C23H20FN3O/c1-15-6-3-4-7-18(15)14-27-16(2)25-21-12-17(10-11-22(21)27)23(28)26-20-9-5-8-19(24)13-20/h3-13,25H,2,14H2,1H3,(H,26,28). The molecule has 3 aromatic rings. The molecule has 28 heavy (non-hydrogen) atoms. The van der Waals surface area contributed by atoms with Crippen molar-refractivity contribution in [2.45, 2.75) is 13.5 Å². The summed E-state index contributed by atoms with van der Waals surface area (Å²) in [6, 6.07) is 19.5. The predicted octanol–water partition coefficient (Wildman–Crippen LogP) is 5.29. The first kappa shape index (κ1) is 17.8. The zero-order valence-electron chi connectivity index (χ0n) is 15.5. The van der Waals surface area contributed by atoms with Crippen LogP contribution >= 0.6 is 0 Å². The third kappa shape index (κ3) is 3.47. The first-order valence-corrected chi connectivity index (χ1v) is 9.00. The molecule has 2 N–H and O–H groups in total. The minimum atomic E-state index is -0.392. The van der Waals surface area contributed by atoms with E-state index in [0.717, 1.165) is 17.2 Å². The van der Waals surface area contributed by atoms with E-state index in [1.807, 2.05) is 18.2 Å². The van der Waals surface area contributed by atoms with Crippen LogP contribution in [-0.2, 0) is 6.54 Å². The van der Waals surface area contributed by atoms with E-state index < -0.39 is 5.82 Å². The van der Waals surface area contributed by atoms with Gasteiger partial charge in [0.05, 0.1) is 11.4 Å². The summed E-state index contributed by atoms with van der Waals surface area (Å²) in [7, 11) is 0. The Kier molecular flexibility index (Phi) is 4.57. The van der Waals surface area contributed by atoms with Gasteiger partial charge in [0.2, 0.25) is 0 Å². The molecular formula is C23H20FN3O. The number of hydrogen-bond donors (Lipinski definition) is 2. The molecule has 0 atom stereocenters. The van der Waals surface area contributed by atoms with Gasteiger partial charge in [0.1, 0.15) is 11.6 Å². The molecule has 0 spiro atoms. The number of carbonyl (C=O) groups is 1. The van der Waals surface area contributed by atoms with E-state index in [1.54, 1.807) is 24.3 Å². The van der Waals surface area contributed by atoms with E-state index in [1.165, 1.54) is 23.3 Å². The van der Waals surface area contributed by atoms with Gasteiger partial charge in [-0.3, -0.25) is 4.79 Å². The second-order valence-corrected chi connectivity index (χ2v) is 6.78. The molecule has 0 fully saturated rings. The van der Waals surface area contributed by atoms with Gasteiger partial charge in [-0.1, -0.05) is 36.9 Å². The molecule has 0 aliphatic carbocycles. The Bertz CT molecular complexity index is 1080. The average Bonchev–Trinajstić information content (AvgIpc) is 2.98. The molecule has 5 heteroatoms. The number of hydrogen-bond acceptors (Lipinski definition) is 3. The maximum atomic E-state index is 13.3. The Morgan fingerprint density at radius 2 is 1.93 bits per heavy atom. The normalized spacial score (nSPS) is 12.5. The summed E-state index contributed by atoms with van der Waals surface area (Å²) in [6.07, 6.45) is 0. The lowest BCUT2D eigenvalue weighted by atomic mass is 10.1. The van der Waals surface area contributed by atoms with Gasteiger partial charge in [0, 0.05) is 17.8 Å². The number of nitrogens with zero attached hydrogens (tertiary/aromatic N) is 1. The number of amides is 1. The van der Waals surface area contributed by atoms with Crippen molar-refractivity contribution in [1.82, 2.24) is 0 Å². The number of nitrogens with one attached hydrogen (secondary N) is 2.